The van der Waals surface area contributed by atoms with Gasteiger partial charge in [-0.1, -0.05) is 41.6 Å². The molecule has 0 N–H and O–H groups in total. The molecule has 130 valence electrons. The minimum absolute atomic E-state index is 0.0826. The predicted octanol–water partition coefficient (Wildman–Crippen LogP) is 3.89. The van der Waals surface area contributed by atoms with Crippen LogP contribution in [0.2, 0.25) is 5.02 Å². The second kappa shape index (κ2) is 6.84. The molecular weight excluding hydrogens is 356 g/mol. The van der Waals surface area contributed by atoms with Crippen molar-refractivity contribution in [3.8, 4) is 0 Å². The van der Waals surface area contributed by atoms with Gasteiger partial charge in [-0.25, -0.2) is 0 Å². The summed E-state index contributed by atoms with van der Waals surface area (Å²) in [5, 5.41) is 9.95. The Hall–Kier alpha value is -1.79. The second-order valence-electron chi connectivity index (χ2n) is 6.35. The second-order valence-corrected chi connectivity index (χ2v) is 7.93. The maximum absolute atomic E-state index is 12.9. The number of allylic oxidation sites excluding steroid dienone is 1. The number of aromatic nitrogens is 3. The van der Waals surface area contributed by atoms with Crippen LogP contribution in [-0.4, -0.2) is 32.5 Å². The van der Waals surface area contributed by atoms with Gasteiger partial charge >= 0.3 is 0 Å². The summed E-state index contributed by atoms with van der Waals surface area (Å²) < 4.78 is 2.10. The minimum Gasteiger partial charge on any atom is -0.310 e. The lowest BCUT2D eigenvalue weighted by Crippen LogP contribution is -2.28. The molecule has 1 aromatic heterocycles. The first-order valence-electron chi connectivity index (χ1n) is 8.45. The number of thioether (sulfide) groups is 1. The van der Waals surface area contributed by atoms with Gasteiger partial charge in [0.2, 0.25) is 5.91 Å². The maximum atomic E-state index is 12.9. The van der Waals surface area contributed by atoms with Crippen LogP contribution in [0, 0.1) is 0 Å². The van der Waals surface area contributed by atoms with Crippen molar-refractivity contribution in [3.63, 3.8) is 0 Å². The van der Waals surface area contributed by atoms with Gasteiger partial charge in [0.15, 0.2) is 5.16 Å². The zero-order valence-corrected chi connectivity index (χ0v) is 15.3. The Morgan fingerprint density at radius 1 is 1.28 bits per heavy atom. The van der Waals surface area contributed by atoms with Crippen LogP contribution >= 0.6 is 23.4 Å². The van der Waals surface area contributed by atoms with Crippen LogP contribution in [-0.2, 0) is 11.3 Å². The van der Waals surface area contributed by atoms with Crippen LogP contribution in [0.1, 0.15) is 31.0 Å². The van der Waals surface area contributed by atoms with Crippen molar-refractivity contribution in [2.45, 2.75) is 42.1 Å². The van der Waals surface area contributed by atoms with Crippen LogP contribution < -0.4 is 4.90 Å². The fraction of sp³-hybridized carbons (Fsp3) is 0.389. The fourth-order valence-electron chi connectivity index (χ4n) is 3.13. The summed E-state index contributed by atoms with van der Waals surface area (Å²) in [5.74, 6) is 1.62. The topological polar surface area (TPSA) is 51.0 Å². The van der Waals surface area contributed by atoms with Gasteiger partial charge in [0, 0.05) is 19.0 Å². The van der Waals surface area contributed by atoms with E-state index >= 15 is 0 Å². The number of hydrogen-bond acceptors (Lipinski definition) is 4. The van der Waals surface area contributed by atoms with Crippen LogP contribution in [0.25, 0.3) is 0 Å². The summed E-state index contributed by atoms with van der Waals surface area (Å²) >= 11 is 7.75. The van der Waals surface area contributed by atoms with Crippen molar-refractivity contribution >= 4 is 35.0 Å². The first-order valence-corrected chi connectivity index (χ1v) is 9.71. The first kappa shape index (κ1) is 16.7. The summed E-state index contributed by atoms with van der Waals surface area (Å²) in [6, 6.07) is 7.47. The molecule has 0 spiro atoms. The molecule has 0 radical (unpaired) electrons. The number of hydrogen-bond donors (Lipinski definition) is 0. The van der Waals surface area contributed by atoms with Crippen molar-refractivity contribution in [2.75, 3.05) is 11.4 Å². The highest BCUT2D eigenvalue weighted by atomic mass is 35.5. The lowest BCUT2D eigenvalue weighted by atomic mass is 10.3. The molecule has 2 aliphatic rings. The Morgan fingerprint density at radius 3 is 2.80 bits per heavy atom. The Morgan fingerprint density at radius 2 is 2.08 bits per heavy atom. The lowest BCUT2D eigenvalue weighted by Gasteiger charge is -2.18. The number of amides is 1. The normalized spacial score (nSPS) is 20.3. The van der Waals surface area contributed by atoms with Crippen molar-refractivity contribution in [1.82, 2.24) is 14.8 Å². The van der Waals surface area contributed by atoms with Gasteiger partial charge in [-0.05, 0) is 31.4 Å². The molecule has 1 unspecified atom stereocenters. The molecule has 1 saturated heterocycles. The molecule has 1 amide bonds. The van der Waals surface area contributed by atoms with E-state index in [-0.39, 0.29) is 11.2 Å². The van der Waals surface area contributed by atoms with Crippen molar-refractivity contribution in [1.29, 1.82) is 0 Å². The van der Waals surface area contributed by atoms with Gasteiger partial charge in [0.05, 0.1) is 16.0 Å². The molecule has 1 aromatic carbocycles. The molecule has 5 nitrogen and oxygen atoms in total. The minimum atomic E-state index is -0.156. The number of carbonyl (C=O) groups excluding carboxylic acids is 1. The average molecular weight is 375 g/mol. The Kier molecular flexibility index (Phi) is 4.56. The van der Waals surface area contributed by atoms with Crippen molar-refractivity contribution in [3.05, 3.63) is 47.8 Å². The van der Waals surface area contributed by atoms with E-state index in [1.54, 1.807) is 4.90 Å². The van der Waals surface area contributed by atoms with E-state index in [0.29, 0.717) is 24.0 Å². The molecule has 1 aliphatic carbocycles. The number of para-hydroxylation sites is 1. The first-order chi connectivity index (χ1) is 12.2. The van der Waals surface area contributed by atoms with E-state index < -0.39 is 0 Å². The molecule has 2 heterocycles. The molecule has 4 rings (SSSR count). The van der Waals surface area contributed by atoms with Crippen LogP contribution in [0.4, 0.5) is 5.69 Å². The molecular formula is C18H19ClN4OS. The molecule has 25 heavy (non-hydrogen) atoms. The zero-order chi connectivity index (χ0) is 17.4. The summed E-state index contributed by atoms with van der Waals surface area (Å²) in [6.07, 6.45) is 4.96. The molecule has 0 bridgehead atoms. The Bertz CT molecular complexity index is 817. The monoisotopic (exact) mass is 374 g/mol. The Labute approximate surface area is 156 Å². The zero-order valence-electron chi connectivity index (χ0n) is 13.8. The van der Waals surface area contributed by atoms with E-state index in [0.717, 1.165) is 23.1 Å². The highest BCUT2D eigenvalue weighted by Gasteiger charge is 2.36. The van der Waals surface area contributed by atoms with Gasteiger partial charge in [-0.2, -0.15) is 0 Å². The van der Waals surface area contributed by atoms with Gasteiger partial charge < -0.3 is 9.47 Å². The SMILES string of the molecule is C=CCn1c(SC2CCN(c3ccccc3Cl)C2=O)nnc1C1CC1. The van der Waals surface area contributed by atoms with E-state index in [4.69, 9.17) is 11.6 Å². The quantitative estimate of drug-likeness (QED) is 0.720. The van der Waals surface area contributed by atoms with E-state index in [1.165, 1.54) is 24.6 Å². The third-order valence-electron chi connectivity index (χ3n) is 4.55. The standard InChI is InChI=1S/C18H19ClN4OS/c1-2-10-23-16(12-7-8-12)20-21-18(23)25-15-9-11-22(17(15)24)14-6-4-3-5-13(14)19/h2-6,12,15H,1,7-11H2. The summed E-state index contributed by atoms with van der Waals surface area (Å²) in [4.78, 5) is 14.6. The number of nitrogens with zero attached hydrogens (tertiary/aromatic N) is 4. The molecule has 1 aliphatic heterocycles. The number of anilines is 1. The summed E-state index contributed by atoms with van der Waals surface area (Å²) in [5.41, 5.74) is 0.781. The number of halogens is 1. The van der Waals surface area contributed by atoms with E-state index in [9.17, 15) is 4.79 Å². The smallest absolute Gasteiger partial charge is 0.240 e. The van der Waals surface area contributed by atoms with Gasteiger partial charge in [0.25, 0.3) is 0 Å². The van der Waals surface area contributed by atoms with E-state index in [2.05, 4.69) is 21.3 Å². The number of benzene rings is 1. The molecule has 2 fully saturated rings. The largest absolute Gasteiger partial charge is 0.310 e. The van der Waals surface area contributed by atoms with Crippen LogP contribution in [0.3, 0.4) is 0 Å². The molecule has 7 heteroatoms. The van der Waals surface area contributed by atoms with Gasteiger partial charge in [0.1, 0.15) is 5.82 Å². The van der Waals surface area contributed by atoms with Crippen LogP contribution in [0.5, 0.6) is 0 Å². The number of rotatable bonds is 6. The number of carbonyl (C=O) groups is 1. The average Bonchev–Trinajstić information content (AvgIpc) is 3.29. The molecule has 2 aromatic rings. The maximum Gasteiger partial charge on any atom is 0.240 e. The Balaban J connectivity index is 1.53. The summed E-state index contributed by atoms with van der Waals surface area (Å²) in [7, 11) is 0. The van der Waals surface area contributed by atoms with Crippen LogP contribution in [0.15, 0.2) is 42.1 Å². The van der Waals surface area contributed by atoms with Crippen molar-refractivity contribution in [2.24, 2.45) is 0 Å². The molecule has 1 saturated carbocycles. The van der Waals surface area contributed by atoms with Crippen molar-refractivity contribution < 1.29 is 4.79 Å². The van der Waals surface area contributed by atoms with Gasteiger partial charge in [-0.3, -0.25) is 4.79 Å². The fourth-order valence-corrected chi connectivity index (χ4v) is 4.46. The highest BCUT2D eigenvalue weighted by Crippen LogP contribution is 2.41. The molecule has 1 atom stereocenters. The highest BCUT2D eigenvalue weighted by molar-refractivity contribution is 8.00. The van der Waals surface area contributed by atoms with E-state index in [1.807, 2.05) is 30.3 Å². The third-order valence-corrected chi connectivity index (χ3v) is 6.10. The lowest BCUT2D eigenvalue weighted by molar-refractivity contribution is -0.116. The van der Waals surface area contributed by atoms with Gasteiger partial charge in [-0.15, -0.1) is 16.8 Å². The predicted molar refractivity (Wildman–Crippen MR) is 100 cm³/mol. The summed E-state index contributed by atoms with van der Waals surface area (Å²) in [6.45, 7) is 5.18. The third kappa shape index (κ3) is 3.20.